The van der Waals surface area contributed by atoms with Crippen molar-refractivity contribution >= 4 is 11.8 Å². The molecule has 0 bridgehead atoms. The van der Waals surface area contributed by atoms with Crippen molar-refractivity contribution in [2.45, 2.75) is 63.5 Å². The third-order valence-electron chi connectivity index (χ3n) is 5.60. The van der Waals surface area contributed by atoms with Gasteiger partial charge in [0.25, 0.3) is 0 Å². The van der Waals surface area contributed by atoms with Crippen molar-refractivity contribution in [2.24, 2.45) is 11.8 Å². The van der Waals surface area contributed by atoms with Crippen LogP contribution < -0.4 is 10.6 Å². The first-order chi connectivity index (χ1) is 11.7. The van der Waals surface area contributed by atoms with E-state index in [1.807, 2.05) is 0 Å². The van der Waals surface area contributed by atoms with Crippen LogP contribution in [-0.2, 0) is 19.1 Å². The maximum Gasteiger partial charge on any atom is 0.223 e. The quantitative estimate of drug-likeness (QED) is 0.812. The minimum absolute atomic E-state index is 0.115. The average Bonchev–Trinajstić information content (AvgIpc) is 2.65. The van der Waals surface area contributed by atoms with Crippen molar-refractivity contribution < 1.29 is 19.1 Å². The van der Waals surface area contributed by atoms with Gasteiger partial charge in [-0.05, 0) is 51.4 Å². The molecule has 2 amide bonds. The Morgan fingerprint density at radius 2 is 0.917 bits per heavy atom. The Morgan fingerprint density at radius 3 is 1.25 bits per heavy atom. The van der Waals surface area contributed by atoms with Crippen LogP contribution in [0, 0.1) is 11.8 Å². The zero-order valence-corrected chi connectivity index (χ0v) is 14.4. The van der Waals surface area contributed by atoms with Gasteiger partial charge in [-0.2, -0.15) is 0 Å². The third kappa shape index (κ3) is 4.93. The highest BCUT2D eigenvalue weighted by atomic mass is 16.5. The molecule has 3 aliphatic rings. The standard InChI is InChI=1S/C18H30N2O4/c21-17(13-5-9-23-10-6-13)19-15-1-2-16(4-3-15)20-18(22)14-7-11-24-12-8-14/h13-16H,1-12H2,(H,19,21)(H,20,22). The SMILES string of the molecule is O=C(NC1CCC(NC(=O)C2CCOCC2)CC1)C1CCOCC1. The van der Waals surface area contributed by atoms with Crippen LogP contribution in [0.3, 0.4) is 0 Å². The highest BCUT2D eigenvalue weighted by molar-refractivity contribution is 5.79. The number of carbonyl (C=O) groups is 2. The molecule has 0 aromatic heterocycles. The first kappa shape index (κ1) is 17.7. The van der Waals surface area contributed by atoms with Crippen LogP contribution in [0.5, 0.6) is 0 Å². The first-order valence-electron chi connectivity index (χ1n) is 9.48. The van der Waals surface area contributed by atoms with Crippen LogP contribution in [0.4, 0.5) is 0 Å². The van der Waals surface area contributed by atoms with Gasteiger partial charge >= 0.3 is 0 Å². The van der Waals surface area contributed by atoms with E-state index in [-0.39, 0.29) is 35.7 Å². The first-order valence-corrected chi connectivity index (χ1v) is 9.48. The van der Waals surface area contributed by atoms with Gasteiger partial charge in [0.05, 0.1) is 0 Å². The molecule has 0 aromatic carbocycles. The van der Waals surface area contributed by atoms with Gasteiger partial charge in [-0.3, -0.25) is 9.59 Å². The molecule has 2 N–H and O–H groups in total. The molecule has 2 aliphatic heterocycles. The summed E-state index contributed by atoms with van der Waals surface area (Å²) >= 11 is 0. The molecular weight excluding hydrogens is 308 g/mol. The molecular formula is C18H30N2O4. The molecule has 24 heavy (non-hydrogen) atoms. The van der Waals surface area contributed by atoms with Gasteiger partial charge in [-0.1, -0.05) is 0 Å². The van der Waals surface area contributed by atoms with Gasteiger partial charge in [0.2, 0.25) is 11.8 Å². The minimum atomic E-state index is 0.115. The third-order valence-corrected chi connectivity index (χ3v) is 5.60. The van der Waals surface area contributed by atoms with Crippen molar-refractivity contribution in [1.82, 2.24) is 10.6 Å². The number of hydrogen-bond acceptors (Lipinski definition) is 4. The topological polar surface area (TPSA) is 76.7 Å². The Kier molecular flexibility index (Phi) is 6.49. The molecule has 0 unspecified atom stereocenters. The second-order valence-electron chi connectivity index (χ2n) is 7.34. The number of ether oxygens (including phenoxy) is 2. The van der Waals surface area contributed by atoms with E-state index in [9.17, 15) is 9.59 Å². The molecule has 0 spiro atoms. The van der Waals surface area contributed by atoms with Gasteiger partial charge in [0, 0.05) is 50.3 Å². The molecule has 0 aromatic rings. The molecule has 6 nitrogen and oxygen atoms in total. The van der Waals surface area contributed by atoms with E-state index in [1.54, 1.807) is 0 Å². The predicted molar refractivity (Wildman–Crippen MR) is 89.4 cm³/mol. The predicted octanol–water partition coefficient (Wildman–Crippen LogP) is 1.38. The van der Waals surface area contributed by atoms with E-state index in [4.69, 9.17) is 9.47 Å². The van der Waals surface area contributed by atoms with Crippen molar-refractivity contribution in [3.8, 4) is 0 Å². The van der Waals surface area contributed by atoms with E-state index in [2.05, 4.69) is 10.6 Å². The summed E-state index contributed by atoms with van der Waals surface area (Å²) in [6.45, 7) is 2.79. The van der Waals surface area contributed by atoms with Crippen molar-refractivity contribution in [3.05, 3.63) is 0 Å². The summed E-state index contributed by atoms with van der Waals surface area (Å²) in [5.41, 5.74) is 0. The second-order valence-corrected chi connectivity index (χ2v) is 7.34. The molecule has 2 heterocycles. The molecule has 2 saturated heterocycles. The summed E-state index contributed by atoms with van der Waals surface area (Å²) < 4.78 is 10.6. The zero-order valence-electron chi connectivity index (χ0n) is 14.4. The van der Waals surface area contributed by atoms with Crippen LogP contribution >= 0.6 is 0 Å². The number of amides is 2. The monoisotopic (exact) mass is 338 g/mol. The molecule has 136 valence electrons. The largest absolute Gasteiger partial charge is 0.381 e. The van der Waals surface area contributed by atoms with Crippen LogP contribution in [0.2, 0.25) is 0 Å². The number of nitrogens with one attached hydrogen (secondary N) is 2. The molecule has 1 saturated carbocycles. The normalized spacial score (nSPS) is 29.8. The van der Waals surface area contributed by atoms with Crippen molar-refractivity contribution in [3.63, 3.8) is 0 Å². The van der Waals surface area contributed by atoms with E-state index in [1.165, 1.54) is 0 Å². The van der Waals surface area contributed by atoms with Gasteiger partial charge < -0.3 is 20.1 Å². The lowest BCUT2D eigenvalue weighted by molar-refractivity contribution is -0.130. The highest BCUT2D eigenvalue weighted by Crippen LogP contribution is 2.22. The van der Waals surface area contributed by atoms with Crippen molar-refractivity contribution in [2.75, 3.05) is 26.4 Å². The fourth-order valence-electron chi connectivity index (χ4n) is 3.94. The fraction of sp³-hybridized carbons (Fsp3) is 0.889. The maximum atomic E-state index is 12.3. The molecule has 0 atom stereocenters. The smallest absolute Gasteiger partial charge is 0.223 e. The maximum absolute atomic E-state index is 12.3. The van der Waals surface area contributed by atoms with Gasteiger partial charge in [-0.25, -0.2) is 0 Å². The summed E-state index contributed by atoms with van der Waals surface area (Å²) in [4.78, 5) is 24.6. The summed E-state index contributed by atoms with van der Waals surface area (Å²) in [5, 5.41) is 6.40. The molecule has 3 fully saturated rings. The molecule has 3 rings (SSSR count). The Morgan fingerprint density at radius 1 is 0.583 bits per heavy atom. The van der Waals surface area contributed by atoms with Crippen LogP contribution in [0.15, 0.2) is 0 Å². The van der Waals surface area contributed by atoms with Gasteiger partial charge in [0.1, 0.15) is 0 Å². The highest BCUT2D eigenvalue weighted by Gasteiger charge is 2.29. The average molecular weight is 338 g/mol. The molecule has 6 heteroatoms. The Bertz CT molecular complexity index is 383. The summed E-state index contributed by atoms with van der Waals surface area (Å²) in [6, 6.07) is 0.521. The van der Waals surface area contributed by atoms with E-state index in [0.29, 0.717) is 26.4 Å². The lowest BCUT2D eigenvalue weighted by Gasteiger charge is -2.32. The van der Waals surface area contributed by atoms with Gasteiger partial charge in [-0.15, -0.1) is 0 Å². The summed E-state index contributed by atoms with van der Waals surface area (Å²) in [7, 11) is 0. The number of rotatable bonds is 4. The van der Waals surface area contributed by atoms with E-state index >= 15 is 0 Å². The molecule has 1 aliphatic carbocycles. The summed E-state index contributed by atoms with van der Waals surface area (Å²) in [6.07, 6.45) is 7.15. The number of hydrogen-bond donors (Lipinski definition) is 2. The lowest BCUT2D eigenvalue weighted by Crippen LogP contribution is -2.47. The van der Waals surface area contributed by atoms with E-state index < -0.39 is 0 Å². The lowest BCUT2D eigenvalue weighted by atomic mass is 9.89. The van der Waals surface area contributed by atoms with Crippen molar-refractivity contribution in [1.29, 1.82) is 0 Å². The Hall–Kier alpha value is -1.14. The Balaban J connectivity index is 1.36. The zero-order chi connectivity index (χ0) is 16.8. The van der Waals surface area contributed by atoms with Gasteiger partial charge in [0.15, 0.2) is 0 Å². The minimum Gasteiger partial charge on any atom is -0.381 e. The van der Waals surface area contributed by atoms with Crippen LogP contribution in [0.25, 0.3) is 0 Å². The number of carbonyl (C=O) groups excluding carboxylic acids is 2. The van der Waals surface area contributed by atoms with Crippen LogP contribution in [-0.4, -0.2) is 50.3 Å². The molecule has 0 radical (unpaired) electrons. The fourth-order valence-corrected chi connectivity index (χ4v) is 3.94. The Labute approximate surface area is 144 Å². The second kappa shape index (κ2) is 8.81. The van der Waals surface area contributed by atoms with E-state index in [0.717, 1.165) is 51.4 Å². The summed E-state index contributed by atoms with van der Waals surface area (Å²) in [5.74, 6) is 0.607. The van der Waals surface area contributed by atoms with Crippen LogP contribution in [0.1, 0.15) is 51.4 Å².